The molecule has 0 spiro atoms. The third-order valence-electron chi connectivity index (χ3n) is 3.09. The predicted octanol–water partition coefficient (Wildman–Crippen LogP) is 4.00. The number of aromatic amines is 1. The van der Waals surface area contributed by atoms with Crippen molar-refractivity contribution in [3.63, 3.8) is 0 Å². The maximum Gasteiger partial charge on any atom is 0.416 e. The normalized spacial score (nSPS) is 11.9. The molecule has 6 nitrogen and oxygen atoms in total. The second-order valence-corrected chi connectivity index (χ2v) is 4.91. The molecule has 9 heteroatoms. The highest BCUT2D eigenvalue weighted by atomic mass is 19.4. The Hall–Kier alpha value is -2.84. The molecular weight excluding hydrogens is 313 g/mol. The number of hydrazone groups is 1. The van der Waals surface area contributed by atoms with Crippen molar-refractivity contribution in [2.24, 2.45) is 5.10 Å². The average Bonchev–Trinajstić information content (AvgIpc) is 2.76. The van der Waals surface area contributed by atoms with Crippen LogP contribution < -0.4 is 5.43 Å². The van der Waals surface area contributed by atoms with Crippen LogP contribution in [0, 0.1) is 24.0 Å². The van der Waals surface area contributed by atoms with Crippen LogP contribution in [0.4, 0.5) is 24.5 Å². The van der Waals surface area contributed by atoms with E-state index < -0.39 is 22.4 Å². The standard InChI is InChI=1S/C14H13F3N4O2/c1-8-5-9(2)19-12(8)7-18-20-11-4-3-10(14(15,16)17)6-13(11)21(22)23/h3-7,19-20H,1-2H3/b18-7+. The number of H-pyrrole nitrogens is 1. The number of benzene rings is 1. The Balaban J connectivity index is 2.26. The van der Waals surface area contributed by atoms with Gasteiger partial charge in [-0.15, -0.1) is 0 Å². The Morgan fingerprint density at radius 1 is 1.30 bits per heavy atom. The Morgan fingerprint density at radius 2 is 2.00 bits per heavy atom. The molecule has 2 rings (SSSR count). The lowest BCUT2D eigenvalue weighted by Gasteiger charge is -2.08. The molecule has 0 fully saturated rings. The summed E-state index contributed by atoms with van der Waals surface area (Å²) in [5, 5.41) is 14.8. The average molecular weight is 326 g/mol. The van der Waals surface area contributed by atoms with Gasteiger partial charge in [-0.05, 0) is 37.6 Å². The minimum atomic E-state index is -4.65. The number of hydrogen-bond acceptors (Lipinski definition) is 4. The van der Waals surface area contributed by atoms with E-state index in [1.165, 1.54) is 6.21 Å². The third kappa shape index (κ3) is 3.87. The quantitative estimate of drug-likeness (QED) is 0.506. The van der Waals surface area contributed by atoms with Crippen molar-refractivity contribution in [2.45, 2.75) is 20.0 Å². The van der Waals surface area contributed by atoms with E-state index in [0.29, 0.717) is 11.8 Å². The molecule has 2 aromatic rings. The molecule has 0 aliphatic rings. The lowest BCUT2D eigenvalue weighted by Crippen LogP contribution is -2.06. The van der Waals surface area contributed by atoms with Crippen LogP contribution in [0.1, 0.15) is 22.5 Å². The van der Waals surface area contributed by atoms with Crippen LogP contribution >= 0.6 is 0 Å². The molecule has 0 unspecified atom stereocenters. The number of halogens is 3. The van der Waals surface area contributed by atoms with E-state index in [9.17, 15) is 23.3 Å². The van der Waals surface area contributed by atoms with E-state index in [0.717, 1.165) is 23.4 Å². The molecule has 0 bridgehead atoms. The summed E-state index contributed by atoms with van der Waals surface area (Å²) in [6, 6.07) is 4.10. The summed E-state index contributed by atoms with van der Waals surface area (Å²) < 4.78 is 37.8. The summed E-state index contributed by atoms with van der Waals surface area (Å²) in [5.74, 6) is 0. The summed E-state index contributed by atoms with van der Waals surface area (Å²) >= 11 is 0. The van der Waals surface area contributed by atoms with Crippen molar-refractivity contribution >= 4 is 17.6 Å². The molecule has 0 saturated heterocycles. The van der Waals surface area contributed by atoms with Gasteiger partial charge in [-0.1, -0.05) is 0 Å². The molecule has 0 radical (unpaired) electrons. The van der Waals surface area contributed by atoms with E-state index >= 15 is 0 Å². The molecule has 122 valence electrons. The van der Waals surface area contributed by atoms with Gasteiger partial charge in [0.25, 0.3) is 5.69 Å². The number of aryl methyl sites for hydroxylation is 2. The van der Waals surface area contributed by atoms with E-state index in [2.05, 4.69) is 15.5 Å². The van der Waals surface area contributed by atoms with Gasteiger partial charge in [-0.25, -0.2) is 0 Å². The molecule has 0 aliphatic carbocycles. The zero-order valence-electron chi connectivity index (χ0n) is 12.2. The van der Waals surface area contributed by atoms with Gasteiger partial charge in [0.2, 0.25) is 0 Å². The number of nitro benzene ring substituents is 1. The van der Waals surface area contributed by atoms with Crippen molar-refractivity contribution in [3.8, 4) is 0 Å². The highest BCUT2D eigenvalue weighted by Crippen LogP contribution is 2.34. The highest BCUT2D eigenvalue weighted by molar-refractivity contribution is 5.80. The SMILES string of the molecule is Cc1cc(C)c(/C=N/Nc2ccc(C(F)(F)F)cc2[N+](=O)[O-])[nH]1. The largest absolute Gasteiger partial charge is 0.416 e. The van der Waals surface area contributed by atoms with Crippen molar-refractivity contribution in [3.05, 3.63) is 56.9 Å². The van der Waals surface area contributed by atoms with Crippen molar-refractivity contribution in [1.82, 2.24) is 4.98 Å². The van der Waals surface area contributed by atoms with Gasteiger partial charge >= 0.3 is 6.18 Å². The van der Waals surface area contributed by atoms with Crippen LogP contribution in [-0.4, -0.2) is 16.1 Å². The molecule has 0 amide bonds. The second-order valence-electron chi connectivity index (χ2n) is 4.91. The number of nitrogens with zero attached hydrogens (tertiary/aromatic N) is 2. The molecule has 1 aromatic carbocycles. The fourth-order valence-corrected chi connectivity index (χ4v) is 2.00. The number of hydrogen-bond donors (Lipinski definition) is 2. The van der Waals surface area contributed by atoms with Crippen LogP contribution in [-0.2, 0) is 6.18 Å². The summed E-state index contributed by atoms with van der Waals surface area (Å²) in [6.45, 7) is 3.71. The number of alkyl halides is 3. The number of aromatic nitrogens is 1. The minimum Gasteiger partial charge on any atom is -0.358 e. The Morgan fingerprint density at radius 3 is 2.52 bits per heavy atom. The fraction of sp³-hybridized carbons (Fsp3) is 0.214. The monoisotopic (exact) mass is 326 g/mol. The van der Waals surface area contributed by atoms with Crippen LogP contribution in [0.3, 0.4) is 0 Å². The van der Waals surface area contributed by atoms with Crippen LogP contribution in [0.5, 0.6) is 0 Å². The number of anilines is 1. The van der Waals surface area contributed by atoms with Gasteiger partial charge < -0.3 is 4.98 Å². The van der Waals surface area contributed by atoms with Crippen LogP contribution in [0.15, 0.2) is 29.4 Å². The van der Waals surface area contributed by atoms with Crippen molar-refractivity contribution in [1.29, 1.82) is 0 Å². The zero-order chi connectivity index (χ0) is 17.2. The lowest BCUT2D eigenvalue weighted by molar-refractivity contribution is -0.384. The Bertz CT molecular complexity index is 766. The van der Waals surface area contributed by atoms with E-state index in [1.54, 1.807) is 0 Å². The first kappa shape index (κ1) is 16.5. The summed E-state index contributed by atoms with van der Waals surface area (Å²) in [5.41, 5.74) is 3.03. The first-order valence-electron chi connectivity index (χ1n) is 6.49. The molecule has 2 N–H and O–H groups in total. The van der Waals surface area contributed by atoms with E-state index in [4.69, 9.17) is 0 Å². The smallest absolute Gasteiger partial charge is 0.358 e. The minimum absolute atomic E-state index is 0.125. The highest BCUT2D eigenvalue weighted by Gasteiger charge is 2.33. The Labute approximate surface area is 129 Å². The lowest BCUT2D eigenvalue weighted by atomic mass is 10.1. The second kappa shape index (κ2) is 6.11. The van der Waals surface area contributed by atoms with Crippen molar-refractivity contribution in [2.75, 3.05) is 5.43 Å². The molecule has 0 atom stereocenters. The van der Waals surface area contributed by atoms with E-state index in [-0.39, 0.29) is 5.69 Å². The van der Waals surface area contributed by atoms with Crippen LogP contribution in [0.25, 0.3) is 0 Å². The van der Waals surface area contributed by atoms with Gasteiger partial charge in [0.05, 0.1) is 22.4 Å². The van der Waals surface area contributed by atoms with Gasteiger partial charge in [-0.3, -0.25) is 15.5 Å². The maximum atomic E-state index is 12.6. The Kier molecular flexibility index (Phi) is 4.39. The topological polar surface area (TPSA) is 83.3 Å². The number of rotatable bonds is 4. The fourth-order valence-electron chi connectivity index (χ4n) is 2.00. The molecule has 0 saturated carbocycles. The molecule has 1 aromatic heterocycles. The van der Waals surface area contributed by atoms with Crippen LogP contribution in [0.2, 0.25) is 0 Å². The predicted molar refractivity (Wildman–Crippen MR) is 79.6 cm³/mol. The number of nitro groups is 1. The number of nitrogens with one attached hydrogen (secondary N) is 2. The van der Waals surface area contributed by atoms with Crippen molar-refractivity contribution < 1.29 is 18.1 Å². The maximum absolute atomic E-state index is 12.6. The van der Waals surface area contributed by atoms with Gasteiger partial charge in [0, 0.05) is 11.8 Å². The zero-order valence-corrected chi connectivity index (χ0v) is 12.2. The third-order valence-corrected chi connectivity index (χ3v) is 3.09. The van der Waals surface area contributed by atoms with Gasteiger partial charge in [0.15, 0.2) is 0 Å². The molecule has 0 aliphatic heterocycles. The summed E-state index contributed by atoms with van der Waals surface area (Å²) in [4.78, 5) is 13.1. The molecular formula is C14H13F3N4O2. The molecule has 1 heterocycles. The summed E-state index contributed by atoms with van der Waals surface area (Å²) in [6.07, 6.45) is -3.24. The van der Waals surface area contributed by atoms with E-state index in [1.807, 2.05) is 19.9 Å². The first-order chi connectivity index (χ1) is 10.7. The van der Waals surface area contributed by atoms with Gasteiger partial charge in [-0.2, -0.15) is 18.3 Å². The van der Waals surface area contributed by atoms with Gasteiger partial charge in [0.1, 0.15) is 5.69 Å². The summed E-state index contributed by atoms with van der Waals surface area (Å²) in [7, 11) is 0. The first-order valence-corrected chi connectivity index (χ1v) is 6.49. The molecule has 23 heavy (non-hydrogen) atoms.